The van der Waals surface area contributed by atoms with Crippen LogP contribution in [0.1, 0.15) is 20.8 Å². The second-order valence-corrected chi connectivity index (χ2v) is 5.34. The van der Waals surface area contributed by atoms with Crippen LogP contribution in [0.25, 0.3) is 16.9 Å². The van der Waals surface area contributed by atoms with E-state index < -0.39 is 5.97 Å². The van der Waals surface area contributed by atoms with E-state index in [9.17, 15) is 9.59 Å². The van der Waals surface area contributed by atoms with E-state index in [1.807, 2.05) is 24.3 Å². The van der Waals surface area contributed by atoms with E-state index in [0.29, 0.717) is 17.6 Å². The molecule has 0 bridgehead atoms. The van der Waals surface area contributed by atoms with E-state index in [0.717, 1.165) is 10.0 Å². The van der Waals surface area contributed by atoms with Crippen molar-refractivity contribution in [3.8, 4) is 11.4 Å². The Morgan fingerprint density at radius 1 is 1.24 bits per heavy atom. The van der Waals surface area contributed by atoms with Gasteiger partial charge >= 0.3 is 5.97 Å². The standard InChI is InChI=1S/C15H9BrN2O3/c16-11-3-1-9(2-4-11)14-17-12(8-19)13-7-10(15(20)21)5-6-18(13)14/h1-8H,(H,20,21). The van der Waals surface area contributed by atoms with Gasteiger partial charge in [0.1, 0.15) is 11.5 Å². The minimum Gasteiger partial charge on any atom is -0.478 e. The van der Waals surface area contributed by atoms with Crippen molar-refractivity contribution >= 4 is 33.7 Å². The molecule has 1 N–H and O–H groups in total. The van der Waals surface area contributed by atoms with Crippen LogP contribution in [-0.4, -0.2) is 26.7 Å². The molecule has 2 aromatic heterocycles. The minimum atomic E-state index is -1.04. The zero-order valence-corrected chi connectivity index (χ0v) is 12.2. The van der Waals surface area contributed by atoms with Crippen molar-refractivity contribution in [3.05, 3.63) is 58.3 Å². The topological polar surface area (TPSA) is 71.7 Å². The quantitative estimate of drug-likeness (QED) is 0.740. The van der Waals surface area contributed by atoms with Gasteiger partial charge in [-0.1, -0.05) is 28.1 Å². The fourth-order valence-electron chi connectivity index (χ4n) is 2.13. The molecule has 0 aliphatic heterocycles. The summed E-state index contributed by atoms with van der Waals surface area (Å²) in [6.45, 7) is 0. The first-order chi connectivity index (χ1) is 10.1. The largest absolute Gasteiger partial charge is 0.478 e. The van der Waals surface area contributed by atoms with Crippen molar-refractivity contribution in [1.82, 2.24) is 9.38 Å². The molecule has 6 heteroatoms. The molecule has 3 aromatic rings. The highest BCUT2D eigenvalue weighted by molar-refractivity contribution is 9.10. The van der Waals surface area contributed by atoms with Crippen LogP contribution in [0.5, 0.6) is 0 Å². The number of hydrogen-bond acceptors (Lipinski definition) is 3. The lowest BCUT2D eigenvalue weighted by atomic mass is 10.2. The third-order valence-corrected chi connectivity index (χ3v) is 3.66. The van der Waals surface area contributed by atoms with Gasteiger partial charge in [0.05, 0.1) is 11.1 Å². The lowest BCUT2D eigenvalue weighted by Crippen LogP contribution is -1.98. The van der Waals surface area contributed by atoms with Crippen LogP contribution in [0.2, 0.25) is 0 Å². The van der Waals surface area contributed by atoms with Gasteiger partial charge in [-0.2, -0.15) is 0 Å². The summed E-state index contributed by atoms with van der Waals surface area (Å²) in [5.74, 6) is -0.447. The predicted octanol–water partition coefficient (Wildman–Crippen LogP) is 3.27. The third kappa shape index (κ3) is 2.34. The SMILES string of the molecule is O=Cc1nc(-c2ccc(Br)cc2)n2ccc(C(=O)O)cc12. The molecule has 104 valence electrons. The number of hydrogen-bond donors (Lipinski definition) is 1. The lowest BCUT2D eigenvalue weighted by molar-refractivity contribution is 0.0696. The van der Waals surface area contributed by atoms with Crippen LogP contribution in [0.4, 0.5) is 0 Å². The van der Waals surface area contributed by atoms with Gasteiger partial charge in [-0.25, -0.2) is 9.78 Å². The van der Waals surface area contributed by atoms with Gasteiger partial charge in [0.2, 0.25) is 0 Å². The number of carboxylic acid groups (broad SMARTS) is 1. The summed E-state index contributed by atoms with van der Waals surface area (Å²) in [4.78, 5) is 26.5. The van der Waals surface area contributed by atoms with Gasteiger partial charge in [-0.05, 0) is 24.3 Å². The van der Waals surface area contributed by atoms with Crippen LogP contribution < -0.4 is 0 Å². The summed E-state index contributed by atoms with van der Waals surface area (Å²) in [7, 11) is 0. The molecule has 0 amide bonds. The van der Waals surface area contributed by atoms with E-state index in [2.05, 4.69) is 20.9 Å². The predicted molar refractivity (Wildman–Crippen MR) is 80.7 cm³/mol. The summed E-state index contributed by atoms with van der Waals surface area (Å²) in [6, 6.07) is 10.4. The Balaban J connectivity index is 2.27. The number of aromatic nitrogens is 2. The third-order valence-electron chi connectivity index (χ3n) is 3.13. The molecular formula is C15H9BrN2O3. The number of carbonyl (C=O) groups is 2. The van der Waals surface area contributed by atoms with Crippen molar-refractivity contribution < 1.29 is 14.7 Å². The molecule has 0 saturated carbocycles. The maximum absolute atomic E-state index is 11.2. The number of carbonyl (C=O) groups excluding carboxylic acids is 1. The average Bonchev–Trinajstić information content (AvgIpc) is 2.86. The van der Waals surface area contributed by atoms with Crippen molar-refractivity contribution in [2.45, 2.75) is 0 Å². The van der Waals surface area contributed by atoms with E-state index >= 15 is 0 Å². The lowest BCUT2D eigenvalue weighted by Gasteiger charge is -2.02. The molecule has 0 aliphatic carbocycles. The molecule has 0 aliphatic rings. The molecule has 5 nitrogen and oxygen atoms in total. The highest BCUT2D eigenvalue weighted by atomic mass is 79.9. The Morgan fingerprint density at radius 3 is 2.57 bits per heavy atom. The van der Waals surface area contributed by atoms with Gasteiger partial charge < -0.3 is 5.11 Å². The molecular weight excluding hydrogens is 336 g/mol. The molecule has 0 fully saturated rings. The second kappa shape index (κ2) is 5.14. The van der Waals surface area contributed by atoms with Crippen LogP contribution >= 0.6 is 15.9 Å². The van der Waals surface area contributed by atoms with E-state index in [1.165, 1.54) is 12.1 Å². The molecule has 0 unspecified atom stereocenters. The molecule has 3 rings (SSSR count). The zero-order chi connectivity index (χ0) is 15.0. The van der Waals surface area contributed by atoms with E-state index in [4.69, 9.17) is 5.11 Å². The molecule has 1 aromatic carbocycles. The number of rotatable bonds is 3. The highest BCUT2D eigenvalue weighted by Gasteiger charge is 2.14. The van der Waals surface area contributed by atoms with Crippen LogP contribution in [0.15, 0.2) is 47.1 Å². The fraction of sp³-hybridized carbons (Fsp3) is 0. The summed E-state index contributed by atoms with van der Waals surface area (Å²) < 4.78 is 2.65. The molecule has 0 spiro atoms. The van der Waals surface area contributed by atoms with Gasteiger partial charge in [0.25, 0.3) is 0 Å². The molecule has 0 saturated heterocycles. The Kier molecular flexibility index (Phi) is 3.31. The smallest absolute Gasteiger partial charge is 0.335 e. The van der Waals surface area contributed by atoms with Crippen molar-refractivity contribution in [3.63, 3.8) is 0 Å². The number of pyridine rings is 1. The summed E-state index contributed by atoms with van der Waals surface area (Å²) >= 11 is 3.36. The number of nitrogens with zero attached hydrogens (tertiary/aromatic N) is 2. The highest BCUT2D eigenvalue weighted by Crippen LogP contribution is 2.24. The van der Waals surface area contributed by atoms with Crippen LogP contribution in [0.3, 0.4) is 0 Å². The monoisotopic (exact) mass is 344 g/mol. The Bertz CT molecular complexity index is 853. The number of aromatic carboxylic acids is 1. The van der Waals surface area contributed by atoms with Gasteiger partial charge in [0.15, 0.2) is 6.29 Å². The fourth-order valence-corrected chi connectivity index (χ4v) is 2.39. The summed E-state index contributed by atoms with van der Waals surface area (Å²) in [5.41, 5.74) is 1.65. The Morgan fingerprint density at radius 2 is 1.95 bits per heavy atom. The normalized spacial score (nSPS) is 10.7. The van der Waals surface area contributed by atoms with Crippen molar-refractivity contribution in [2.75, 3.05) is 0 Å². The minimum absolute atomic E-state index is 0.118. The maximum Gasteiger partial charge on any atom is 0.335 e. The van der Waals surface area contributed by atoms with E-state index in [-0.39, 0.29) is 11.3 Å². The first kappa shape index (κ1) is 13.5. The molecule has 0 atom stereocenters. The van der Waals surface area contributed by atoms with E-state index in [1.54, 1.807) is 10.6 Å². The van der Waals surface area contributed by atoms with Crippen molar-refractivity contribution in [2.24, 2.45) is 0 Å². The zero-order valence-electron chi connectivity index (χ0n) is 10.7. The number of imidazole rings is 1. The Hall–Kier alpha value is -2.47. The van der Waals surface area contributed by atoms with Gasteiger partial charge in [0, 0.05) is 16.2 Å². The molecule has 2 heterocycles. The number of halogens is 1. The number of fused-ring (bicyclic) bond motifs is 1. The number of carboxylic acids is 1. The first-order valence-corrected chi connectivity index (χ1v) is 6.86. The number of aldehydes is 1. The van der Waals surface area contributed by atoms with Crippen LogP contribution in [0, 0.1) is 0 Å². The number of benzene rings is 1. The Labute approximate surface area is 128 Å². The van der Waals surface area contributed by atoms with Crippen LogP contribution in [-0.2, 0) is 0 Å². The second-order valence-electron chi connectivity index (χ2n) is 4.42. The van der Waals surface area contributed by atoms with Gasteiger partial charge in [-0.3, -0.25) is 9.20 Å². The first-order valence-electron chi connectivity index (χ1n) is 6.06. The molecule has 21 heavy (non-hydrogen) atoms. The molecule has 0 radical (unpaired) electrons. The van der Waals surface area contributed by atoms with Crippen molar-refractivity contribution in [1.29, 1.82) is 0 Å². The maximum atomic E-state index is 11.2. The summed E-state index contributed by atoms with van der Waals surface area (Å²) in [5, 5.41) is 9.04. The van der Waals surface area contributed by atoms with Gasteiger partial charge in [-0.15, -0.1) is 0 Å². The summed E-state index contributed by atoms with van der Waals surface area (Å²) in [6.07, 6.45) is 2.24. The average molecular weight is 345 g/mol.